The maximum atomic E-state index is 11.8. The van der Waals surface area contributed by atoms with Crippen molar-refractivity contribution in [3.63, 3.8) is 0 Å². The fourth-order valence-corrected chi connectivity index (χ4v) is 2.10. The zero-order valence-corrected chi connectivity index (χ0v) is 7.92. The Morgan fingerprint density at radius 1 is 1.14 bits per heavy atom. The summed E-state index contributed by atoms with van der Waals surface area (Å²) < 4.78 is 24.3. The van der Waals surface area contributed by atoms with Gasteiger partial charge in [-0.3, -0.25) is 0 Å². The van der Waals surface area contributed by atoms with Gasteiger partial charge >= 0.3 is 0 Å². The van der Waals surface area contributed by atoms with Crippen LogP contribution in [0.1, 0.15) is 0 Å². The first-order valence-electron chi connectivity index (χ1n) is 3.88. The van der Waals surface area contributed by atoms with Crippen LogP contribution in [0.3, 0.4) is 0 Å². The molecule has 2 aromatic rings. The third kappa shape index (κ3) is 1.39. The van der Waals surface area contributed by atoms with Gasteiger partial charge in [-0.1, -0.05) is 23.4 Å². The zero-order valence-electron chi connectivity index (χ0n) is 7.11. The van der Waals surface area contributed by atoms with Crippen LogP contribution >= 0.6 is 0 Å². The van der Waals surface area contributed by atoms with Gasteiger partial charge in [-0.15, -0.1) is 9.19 Å². The first-order valence-corrected chi connectivity index (χ1v) is 5.32. The second kappa shape index (κ2) is 3.22. The molecule has 0 N–H and O–H groups in total. The van der Waals surface area contributed by atoms with E-state index in [2.05, 4.69) is 10.3 Å². The zero-order chi connectivity index (χ0) is 10.0. The summed E-state index contributed by atoms with van der Waals surface area (Å²) in [6.07, 6.45) is 2.61. The van der Waals surface area contributed by atoms with Crippen LogP contribution in [-0.4, -0.2) is 22.8 Å². The van der Waals surface area contributed by atoms with Gasteiger partial charge in [0.05, 0.1) is 17.3 Å². The summed E-state index contributed by atoms with van der Waals surface area (Å²) in [5.41, 5.74) is 0. The minimum Gasteiger partial charge on any atom is -0.199 e. The third-order valence-electron chi connectivity index (χ3n) is 1.69. The Morgan fingerprint density at radius 2 is 1.86 bits per heavy atom. The summed E-state index contributed by atoms with van der Waals surface area (Å²) in [6.45, 7) is 0. The minimum atomic E-state index is -3.55. The van der Waals surface area contributed by atoms with Gasteiger partial charge in [0.1, 0.15) is 0 Å². The molecule has 0 atom stereocenters. The smallest absolute Gasteiger partial charge is 0.199 e. The number of aromatic nitrogens is 3. The molecule has 0 amide bonds. The number of benzene rings is 1. The third-order valence-corrected chi connectivity index (χ3v) is 3.24. The maximum Gasteiger partial charge on any atom is 0.284 e. The van der Waals surface area contributed by atoms with E-state index in [1.54, 1.807) is 18.2 Å². The van der Waals surface area contributed by atoms with Crippen molar-refractivity contribution in [1.82, 2.24) is 14.4 Å². The first kappa shape index (κ1) is 8.89. The molecule has 0 bridgehead atoms. The lowest BCUT2D eigenvalue weighted by Crippen LogP contribution is -2.13. The molecule has 0 radical (unpaired) electrons. The van der Waals surface area contributed by atoms with E-state index in [0.29, 0.717) is 0 Å². The van der Waals surface area contributed by atoms with Crippen LogP contribution in [0, 0.1) is 0 Å². The van der Waals surface area contributed by atoms with Crippen molar-refractivity contribution in [3.8, 4) is 0 Å². The van der Waals surface area contributed by atoms with Crippen LogP contribution < -0.4 is 0 Å². The molecule has 0 aliphatic carbocycles. The minimum absolute atomic E-state index is 0.200. The average Bonchev–Trinajstić information content (AvgIpc) is 2.72. The van der Waals surface area contributed by atoms with Crippen LogP contribution in [0.25, 0.3) is 0 Å². The lowest BCUT2D eigenvalue weighted by atomic mass is 10.4. The summed E-state index contributed by atoms with van der Waals surface area (Å²) in [5.74, 6) is 0. The lowest BCUT2D eigenvalue weighted by Gasteiger charge is -2.01. The van der Waals surface area contributed by atoms with Crippen molar-refractivity contribution >= 4 is 10.0 Å². The highest BCUT2D eigenvalue weighted by atomic mass is 32.2. The Morgan fingerprint density at radius 3 is 2.43 bits per heavy atom. The SMILES string of the molecule is O=S(=O)(c1ccccc1)n1ccnn1. The van der Waals surface area contributed by atoms with Crippen molar-refractivity contribution in [2.75, 3.05) is 0 Å². The number of rotatable bonds is 2. The van der Waals surface area contributed by atoms with Crippen molar-refractivity contribution in [3.05, 3.63) is 42.7 Å². The van der Waals surface area contributed by atoms with Crippen LogP contribution in [0.5, 0.6) is 0 Å². The molecule has 0 unspecified atom stereocenters. The summed E-state index contributed by atoms with van der Waals surface area (Å²) in [6, 6.07) is 8.09. The van der Waals surface area contributed by atoms with Gasteiger partial charge in [0, 0.05) is 0 Å². The molecule has 0 spiro atoms. The van der Waals surface area contributed by atoms with Gasteiger partial charge in [0.15, 0.2) is 0 Å². The Hall–Kier alpha value is -1.69. The van der Waals surface area contributed by atoms with Gasteiger partial charge in [-0.25, -0.2) is 0 Å². The molecule has 0 fully saturated rings. The van der Waals surface area contributed by atoms with E-state index < -0.39 is 10.0 Å². The second-order valence-electron chi connectivity index (χ2n) is 2.59. The van der Waals surface area contributed by atoms with Gasteiger partial charge in [-0.2, -0.15) is 8.42 Å². The van der Waals surface area contributed by atoms with E-state index in [9.17, 15) is 8.42 Å². The Bertz CT molecular complexity index is 505. The Kier molecular flexibility index (Phi) is 2.05. The lowest BCUT2D eigenvalue weighted by molar-refractivity contribution is 0.577. The van der Waals surface area contributed by atoms with E-state index in [0.717, 1.165) is 4.09 Å². The van der Waals surface area contributed by atoms with Gasteiger partial charge < -0.3 is 0 Å². The molecule has 0 aliphatic rings. The standard InChI is InChI=1S/C8H7N3O2S/c12-14(13,11-7-6-9-10-11)8-4-2-1-3-5-8/h1-7H. The van der Waals surface area contributed by atoms with Crippen molar-refractivity contribution < 1.29 is 8.42 Å². The van der Waals surface area contributed by atoms with Crippen LogP contribution in [-0.2, 0) is 10.0 Å². The Labute approximate surface area is 81.0 Å². The molecule has 14 heavy (non-hydrogen) atoms. The van der Waals surface area contributed by atoms with E-state index in [1.807, 2.05) is 0 Å². The van der Waals surface area contributed by atoms with Crippen LogP contribution in [0.15, 0.2) is 47.6 Å². The van der Waals surface area contributed by atoms with Gasteiger partial charge in [0.25, 0.3) is 10.0 Å². The number of hydrogen-bond acceptors (Lipinski definition) is 4. The van der Waals surface area contributed by atoms with Crippen molar-refractivity contribution in [2.24, 2.45) is 0 Å². The summed E-state index contributed by atoms with van der Waals surface area (Å²) in [4.78, 5) is 0.200. The van der Waals surface area contributed by atoms with Crippen LogP contribution in [0.2, 0.25) is 0 Å². The maximum absolute atomic E-state index is 11.8. The van der Waals surface area contributed by atoms with Crippen molar-refractivity contribution in [2.45, 2.75) is 4.90 Å². The van der Waals surface area contributed by atoms with Gasteiger partial charge in [-0.05, 0) is 12.1 Å². The largest absolute Gasteiger partial charge is 0.284 e. The predicted molar refractivity (Wildman–Crippen MR) is 49.0 cm³/mol. The summed E-state index contributed by atoms with van der Waals surface area (Å²) >= 11 is 0. The fourth-order valence-electron chi connectivity index (χ4n) is 1.03. The molecule has 0 saturated carbocycles. The van der Waals surface area contributed by atoms with E-state index in [1.165, 1.54) is 24.5 Å². The molecule has 1 aromatic heterocycles. The summed E-state index contributed by atoms with van der Waals surface area (Å²) in [5, 5.41) is 6.89. The monoisotopic (exact) mass is 209 g/mol. The molecule has 2 rings (SSSR count). The van der Waals surface area contributed by atoms with Crippen molar-refractivity contribution in [1.29, 1.82) is 0 Å². The number of hydrogen-bond donors (Lipinski definition) is 0. The highest BCUT2D eigenvalue weighted by molar-refractivity contribution is 7.89. The molecular formula is C8H7N3O2S. The average molecular weight is 209 g/mol. The predicted octanol–water partition coefficient (Wildman–Crippen LogP) is 0.515. The van der Waals surface area contributed by atoms with Crippen LogP contribution in [0.4, 0.5) is 0 Å². The molecule has 0 saturated heterocycles. The second-order valence-corrected chi connectivity index (χ2v) is 4.39. The Balaban J connectivity index is 2.55. The molecule has 1 aromatic carbocycles. The quantitative estimate of drug-likeness (QED) is 0.723. The van der Waals surface area contributed by atoms with E-state index >= 15 is 0 Å². The normalized spacial score (nSPS) is 11.4. The van der Waals surface area contributed by atoms with E-state index in [4.69, 9.17) is 0 Å². The highest BCUT2D eigenvalue weighted by Crippen LogP contribution is 2.10. The molecule has 6 heteroatoms. The highest BCUT2D eigenvalue weighted by Gasteiger charge is 2.16. The number of nitrogens with zero attached hydrogens (tertiary/aromatic N) is 3. The molecule has 1 heterocycles. The first-order chi connectivity index (χ1) is 6.71. The fraction of sp³-hybridized carbons (Fsp3) is 0. The van der Waals surface area contributed by atoms with Gasteiger partial charge in [0.2, 0.25) is 0 Å². The molecule has 72 valence electrons. The molecule has 5 nitrogen and oxygen atoms in total. The topological polar surface area (TPSA) is 64.8 Å². The van der Waals surface area contributed by atoms with E-state index in [-0.39, 0.29) is 4.90 Å². The summed E-state index contributed by atoms with van der Waals surface area (Å²) in [7, 11) is -3.55. The molecular weight excluding hydrogens is 202 g/mol. The molecule has 0 aliphatic heterocycles.